The topological polar surface area (TPSA) is 47.8 Å². The zero-order chi connectivity index (χ0) is 14.9. The van der Waals surface area contributed by atoms with Gasteiger partial charge in [-0.2, -0.15) is 13.2 Å². The molecular formula is C12H10F3N3OS. The van der Waals surface area contributed by atoms with Gasteiger partial charge in [-0.05, 0) is 30.8 Å². The number of carbonyl (C=O) groups excluding carboxylic acids is 1. The highest BCUT2D eigenvalue weighted by Gasteiger charge is 2.34. The number of nitrogens with zero attached hydrogens (tertiary/aromatic N) is 3. The largest absolute Gasteiger partial charge is 0.417 e. The highest BCUT2D eigenvalue weighted by atomic mass is 32.2. The van der Waals surface area contributed by atoms with E-state index in [1.54, 1.807) is 18.5 Å². The number of halogens is 3. The molecule has 0 N–H and O–H groups in total. The summed E-state index contributed by atoms with van der Waals surface area (Å²) in [5.41, 5.74) is -0.872. The van der Waals surface area contributed by atoms with Crippen LogP contribution >= 0.6 is 11.8 Å². The number of hydrogen-bond acceptors (Lipinski definition) is 4. The molecule has 0 fully saturated rings. The molecule has 4 nitrogen and oxygen atoms in total. The maximum Gasteiger partial charge on any atom is 0.417 e. The Kier molecular flexibility index (Phi) is 3.85. The van der Waals surface area contributed by atoms with Gasteiger partial charge in [0.15, 0.2) is 5.16 Å². The molecule has 0 saturated heterocycles. The van der Waals surface area contributed by atoms with Gasteiger partial charge < -0.3 is 4.57 Å². The first-order valence-electron chi connectivity index (χ1n) is 5.53. The second-order valence-electron chi connectivity index (χ2n) is 4.06. The average molecular weight is 301 g/mol. The van der Waals surface area contributed by atoms with Crippen molar-refractivity contribution in [1.29, 1.82) is 0 Å². The summed E-state index contributed by atoms with van der Waals surface area (Å²) < 4.78 is 40.6. The van der Waals surface area contributed by atoms with Crippen LogP contribution in [0.4, 0.5) is 13.2 Å². The highest BCUT2D eigenvalue weighted by Crippen LogP contribution is 2.39. The summed E-state index contributed by atoms with van der Waals surface area (Å²) in [5.74, 6) is 0.602. The Morgan fingerprint density at radius 1 is 1.30 bits per heavy atom. The molecule has 0 aliphatic heterocycles. The summed E-state index contributed by atoms with van der Waals surface area (Å²) >= 11 is 0.861. The monoisotopic (exact) mass is 301 g/mol. The van der Waals surface area contributed by atoms with Gasteiger partial charge >= 0.3 is 6.18 Å². The van der Waals surface area contributed by atoms with Gasteiger partial charge in [0.1, 0.15) is 12.1 Å². The molecule has 2 aromatic rings. The Morgan fingerprint density at radius 3 is 2.50 bits per heavy atom. The van der Waals surface area contributed by atoms with Crippen molar-refractivity contribution in [3.05, 3.63) is 35.2 Å². The number of rotatable bonds is 3. The quantitative estimate of drug-likeness (QED) is 0.817. The van der Waals surface area contributed by atoms with Crippen molar-refractivity contribution in [3.8, 4) is 0 Å². The molecule has 1 aromatic carbocycles. The Morgan fingerprint density at radius 2 is 2.00 bits per heavy atom. The second-order valence-corrected chi connectivity index (χ2v) is 5.07. The van der Waals surface area contributed by atoms with E-state index in [-0.39, 0.29) is 10.5 Å². The second kappa shape index (κ2) is 5.28. The predicted octanol–water partition coefficient (Wildman–Crippen LogP) is 3.11. The van der Waals surface area contributed by atoms with Crippen LogP contribution in [0.3, 0.4) is 0 Å². The number of benzene rings is 1. The molecule has 106 valence electrons. The van der Waals surface area contributed by atoms with Gasteiger partial charge in [-0.1, -0.05) is 6.07 Å². The van der Waals surface area contributed by atoms with E-state index in [0.717, 1.165) is 17.8 Å². The van der Waals surface area contributed by atoms with Gasteiger partial charge in [0, 0.05) is 17.5 Å². The lowest BCUT2D eigenvalue weighted by Crippen LogP contribution is -2.08. The maximum absolute atomic E-state index is 13.0. The first kappa shape index (κ1) is 14.6. The molecule has 0 amide bonds. The molecule has 2 rings (SSSR count). The number of hydrogen-bond donors (Lipinski definition) is 0. The smallest absolute Gasteiger partial charge is 0.309 e. The van der Waals surface area contributed by atoms with Crippen LogP contribution in [0.25, 0.3) is 0 Å². The number of aryl methyl sites for hydroxylation is 1. The summed E-state index contributed by atoms with van der Waals surface area (Å²) in [5, 5.41) is 7.96. The lowest BCUT2D eigenvalue weighted by molar-refractivity contribution is -0.139. The number of alkyl halides is 3. The van der Waals surface area contributed by atoms with Gasteiger partial charge in [0.25, 0.3) is 0 Å². The molecule has 0 aliphatic rings. The Labute approximate surface area is 117 Å². The Hall–Kier alpha value is -1.83. The molecular weight excluding hydrogens is 291 g/mol. The summed E-state index contributed by atoms with van der Waals surface area (Å²) in [6.07, 6.45) is -4.15. The third-order valence-electron chi connectivity index (χ3n) is 2.70. The van der Waals surface area contributed by atoms with Crippen molar-refractivity contribution in [3.63, 3.8) is 0 Å². The Bertz CT molecular complexity index is 652. The van der Waals surface area contributed by atoms with Crippen molar-refractivity contribution in [2.45, 2.75) is 23.2 Å². The molecule has 0 atom stereocenters. The van der Waals surface area contributed by atoms with Crippen molar-refractivity contribution in [2.24, 2.45) is 7.05 Å². The van der Waals surface area contributed by atoms with Crippen molar-refractivity contribution >= 4 is 18.0 Å². The van der Waals surface area contributed by atoms with Crippen LogP contribution in [0, 0.1) is 6.92 Å². The standard InChI is InChI=1S/C12H10F3N3OS/c1-7-16-17-11(18(7)2)20-10-4-3-8(6-19)5-9(10)12(13,14)15/h3-6H,1-2H3. The van der Waals surface area contributed by atoms with Crippen molar-refractivity contribution in [2.75, 3.05) is 0 Å². The van der Waals surface area contributed by atoms with E-state index in [2.05, 4.69) is 10.2 Å². The van der Waals surface area contributed by atoms with E-state index in [1.807, 2.05) is 0 Å². The minimum absolute atomic E-state index is 0.0152. The molecule has 8 heteroatoms. The molecule has 20 heavy (non-hydrogen) atoms. The summed E-state index contributed by atoms with van der Waals surface area (Å²) in [7, 11) is 1.67. The van der Waals surface area contributed by atoms with Gasteiger partial charge in [-0.15, -0.1) is 10.2 Å². The molecule has 0 aliphatic carbocycles. The minimum Gasteiger partial charge on any atom is -0.309 e. The molecule has 0 radical (unpaired) electrons. The third kappa shape index (κ3) is 2.84. The van der Waals surface area contributed by atoms with Gasteiger partial charge in [0.2, 0.25) is 0 Å². The number of aldehydes is 1. The highest BCUT2D eigenvalue weighted by molar-refractivity contribution is 7.99. The van der Waals surface area contributed by atoms with Crippen LogP contribution in [0.15, 0.2) is 28.3 Å². The summed E-state index contributed by atoms with van der Waals surface area (Å²) in [6.45, 7) is 1.71. The number of carbonyl (C=O) groups is 1. The van der Waals surface area contributed by atoms with Crippen molar-refractivity contribution in [1.82, 2.24) is 14.8 Å². The maximum atomic E-state index is 13.0. The lowest BCUT2D eigenvalue weighted by Gasteiger charge is -2.12. The molecule has 0 spiro atoms. The van der Waals surface area contributed by atoms with Gasteiger partial charge in [-0.25, -0.2) is 0 Å². The first-order valence-corrected chi connectivity index (χ1v) is 6.35. The average Bonchev–Trinajstić information content (AvgIpc) is 2.70. The zero-order valence-corrected chi connectivity index (χ0v) is 11.4. The lowest BCUT2D eigenvalue weighted by atomic mass is 10.1. The van der Waals surface area contributed by atoms with E-state index in [9.17, 15) is 18.0 Å². The third-order valence-corrected chi connectivity index (χ3v) is 3.81. The van der Waals surface area contributed by atoms with E-state index in [0.29, 0.717) is 17.3 Å². The molecule has 1 aromatic heterocycles. The SMILES string of the molecule is Cc1nnc(Sc2ccc(C=O)cc2C(F)(F)F)n1C. The van der Waals surface area contributed by atoms with Crippen LogP contribution < -0.4 is 0 Å². The first-order chi connectivity index (χ1) is 9.32. The van der Waals surface area contributed by atoms with E-state index >= 15 is 0 Å². The van der Waals surface area contributed by atoms with Crippen LogP contribution in [-0.2, 0) is 13.2 Å². The Balaban J connectivity index is 2.46. The molecule has 0 unspecified atom stereocenters. The summed E-state index contributed by atoms with van der Waals surface area (Å²) in [4.78, 5) is 10.6. The van der Waals surface area contributed by atoms with E-state index < -0.39 is 11.7 Å². The van der Waals surface area contributed by atoms with E-state index in [4.69, 9.17) is 0 Å². The van der Waals surface area contributed by atoms with Crippen LogP contribution in [0.5, 0.6) is 0 Å². The molecule has 0 bridgehead atoms. The zero-order valence-electron chi connectivity index (χ0n) is 10.6. The van der Waals surface area contributed by atoms with Crippen LogP contribution in [0.1, 0.15) is 21.7 Å². The van der Waals surface area contributed by atoms with Crippen LogP contribution in [0.2, 0.25) is 0 Å². The predicted molar refractivity (Wildman–Crippen MR) is 66.7 cm³/mol. The van der Waals surface area contributed by atoms with Gasteiger partial charge in [0.05, 0.1) is 5.56 Å². The number of aromatic nitrogens is 3. The normalized spacial score (nSPS) is 11.7. The van der Waals surface area contributed by atoms with Gasteiger partial charge in [-0.3, -0.25) is 4.79 Å². The van der Waals surface area contributed by atoms with Crippen molar-refractivity contribution < 1.29 is 18.0 Å². The molecule has 0 saturated carbocycles. The summed E-state index contributed by atoms with van der Waals surface area (Å²) in [6, 6.07) is 3.44. The minimum atomic E-state index is -4.53. The fourth-order valence-electron chi connectivity index (χ4n) is 1.51. The molecule has 1 heterocycles. The van der Waals surface area contributed by atoms with Crippen LogP contribution in [-0.4, -0.2) is 21.1 Å². The van der Waals surface area contributed by atoms with E-state index in [1.165, 1.54) is 12.1 Å². The fourth-order valence-corrected chi connectivity index (χ4v) is 2.47. The fraction of sp³-hybridized carbons (Fsp3) is 0.250.